The van der Waals surface area contributed by atoms with Crippen molar-refractivity contribution in [3.8, 4) is 11.6 Å². The van der Waals surface area contributed by atoms with Gasteiger partial charge in [0.25, 0.3) is 5.91 Å². The number of hydrogen-bond donors (Lipinski definition) is 1. The van der Waals surface area contributed by atoms with E-state index in [0.717, 1.165) is 11.9 Å². The molecule has 0 aliphatic rings. The SMILES string of the molecule is CCCn1c(O)c(N=NC(=O)c2cc(C)nc3ccc(OC)cc23)c2cc(Cl)ccc21. The largest absolute Gasteiger partial charge is 0.497 e. The number of fused-ring (bicyclic) bond motifs is 2. The zero-order valence-corrected chi connectivity index (χ0v) is 18.1. The standard InChI is InChI=1S/C23H21ClN4O3/c1-4-9-28-20-8-5-14(24)11-18(20)21(23(28)30)26-27-22(29)17-10-13(2)25-19-7-6-15(31-3)12-16(17)19/h5-8,10-12,30H,4,9H2,1-3H3. The van der Waals surface area contributed by atoms with E-state index in [1.165, 1.54) is 0 Å². The lowest BCUT2D eigenvalue weighted by Gasteiger charge is -2.06. The lowest BCUT2D eigenvalue weighted by molar-refractivity contribution is 0.0996. The minimum Gasteiger partial charge on any atom is -0.497 e. The number of halogens is 1. The van der Waals surface area contributed by atoms with E-state index in [2.05, 4.69) is 15.2 Å². The monoisotopic (exact) mass is 436 g/mol. The van der Waals surface area contributed by atoms with Gasteiger partial charge in [0.2, 0.25) is 5.88 Å². The number of azo groups is 1. The zero-order valence-electron chi connectivity index (χ0n) is 17.4. The molecule has 158 valence electrons. The summed E-state index contributed by atoms with van der Waals surface area (Å²) in [5, 5.41) is 20.5. The van der Waals surface area contributed by atoms with Crippen molar-refractivity contribution in [1.82, 2.24) is 9.55 Å². The van der Waals surface area contributed by atoms with Crippen LogP contribution < -0.4 is 4.74 Å². The molecule has 0 bridgehead atoms. The zero-order chi connectivity index (χ0) is 22.1. The van der Waals surface area contributed by atoms with Crippen molar-refractivity contribution in [3.05, 3.63) is 58.7 Å². The van der Waals surface area contributed by atoms with Crippen molar-refractivity contribution in [1.29, 1.82) is 0 Å². The number of hydrogen-bond acceptors (Lipinski definition) is 5. The van der Waals surface area contributed by atoms with Gasteiger partial charge in [0.15, 0.2) is 5.69 Å². The van der Waals surface area contributed by atoms with Crippen LogP contribution in [0.3, 0.4) is 0 Å². The summed E-state index contributed by atoms with van der Waals surface area (Å²) in [5.41, 5.74) is 2.70. The van der Waals surface area contributed by atoms with E-state index in [4.69, 9.17) is 16.3 Å². The first-order chi connectivity index (χ1) is 14.9. The van der Waals surface area contributed by atoms with Crippen molar-refractivity contribution in [2.24, 2.45) is 10.2 Å². The van der Waals surface area contributed by atoms with Crippen molar-refractivity contribution in [3.63, 3.8) is 0 Å². The third-order valence-electron chi connectivity index (χ3n) is 5.03. The molecule has 4 rings (SSSR count). The highest BCUT2D eigenvalue weighted by molar-refractivity contribution is 6.31. The second-order valence-corrected chi connectivity index (χ2v) is 7.62. The molecule has 0 aliphatic carbocycles. The number of benzene rings is 2. The number of methoxy groups -OCH3 is 1. The summed E-state index contributed by atoms with van der Waals surface area (Å²) in [6.45, 7) is 4.42. The lowest BCUT2D eigenvalue weighted by atomic mass is 10.1. The van der Waals surface area contributed by atoms with Gasteiger partial charge in [-0.15, -0.1) is 10.2 Å². The molecule has 0 saturated carbocycles. The number of aryl methyl sites for hydroxylation is 2. The first-order valence-electron chi connectivity index (χ1n) is 9.85. The van der Waals surface area contributed by atoms with Gasteiger partial charge < -0.3 is 14.4 Å². The molecule has 2 aromatic carbocycles. The van der Waals surface area contributed by atoms with Crippen molar-refractivity contribution >= 4 is 45.0 Å². The van der Waals surface area contributed by atoms with Crippen molar-refractivity contribution in [2.75, 3.05) is 7.11 Å². The maximum atomic E-state index is 13.0. The van der Waals surface area contributed by atoms with Gasteiger partial charge in [0, 0.05) is 28.0 Å². The summed E-state index contributed by atoms with van der Waals surface area (Å²) in [5.74, 6) is 0.0220. The molecule has 0 unspecified atom stereocenters. The molecule has 7 nitrogen and oxygen atoms in total. The smallest absolute Gasteiger partial charge is 0.296 e. The Morgan fingerprint density at radius 1 is 1.19 bits per heavy atom. The normalized spacial score (nSPS) is 11.6. The molecular formula is C23H21ClN4O3. The Morgan fingerprint density at radius 3 is 2.74 bits per heavy atom. The Labute approximate surface area is 183 Å². The fourth-order valence-corrected chi connectivity index (χ4v) is 3.81. The molecule has 31 heavy (non-hydrogen) atoms. The second kappa shape index (κ2) is 8.35. The molecule has 0 fully saturated rings. The summed E-state index contributed by atoms with van der Waals surface area (Å²) < 4.78 is 7.01. The van der Waals surface area contributed by atoms with Crippen LogP contribution in [-0.4, -0.2) is 27.7 Å². The average molecular weight is 437 g/mol. The third kappa shape index (κ3) is 3.84. The number of ether oxygens (including phenoxy) is 1. The van der Waals surface area contributed by atoms with E-state index < -0.39 is 5.91 Å². The molecule has 0 aliphatic heterocycles. The average Bonchev–Trinajstić information content (AvgIpc) is 3.01. The number of aromatic nitrogens is 2. The predicted molar refractivity (Wildman–Crippen MR) is 121 cm³/mol. The molecule has 0 radical (unpaired) electrons. The lowest BCUT2D eigenvalue weighted by Crippen LogP contribution is -1.99. The quantitative estimate of drug-likeness (QED) is 0.377. The highest BCUT2D eigenvalue weighted by Gasteiger charge is 2.18. The number of nitrogens with zero attached hydrogens (tertiary/aromatic N) is 4. The van der Waals surface area contributed by atoms with E-state index in [-0.39, 0.29) is 11.6 Å². The fraction of sp³-hybridized carbons (Fsp3) is 0.217. The number of aromatic hydroxyl groups is 1. The Hall–Kier alpha value is -3.45. The predicted octanol–water partition coefficient (Wildman–Crippen LogP) is 6.20. The van der Waals surface area contributed by atoms with E-state index in [1.807, 2.05) is 19.9 Å². The van der Waals surface area contributed by atoms with Crippen molar-refractivity contribution in [2.45, 2.75) is 26.8 Å². The number of rotatable bonds is 5. The second-order valence-electron chi connectivity index (χ2n) is 7.18. The van der Waals surface area contributed by atoms with Gasteiger partial charge in [0.05, 0.1) is 23.7 Å². The first kappa shape index (κ1) is 20.8. The summed E-state index contributed by atoms with van der Waals surface area (Å²) in [6.07, 6.45) is 0.819. The molecular weight excluding hydrogens is 416 g/mol. The maximum Gasteiger partial charge on any atom is 0.296 e. The molecule has 8 heteroatoms. The van der Waals surface area contributed by atoms with Crippen LogP contribution in [0.4, 0.5) is 5.69 Å². The molecule has 0 spiro atoms. The van der Waals surface area contributed by atoms with E-state index in [9.17, 15) is 9.90 Å². The highest BCUT2D eigenvalue weighted by atomic mass is 35.5. The Bertz CT molecular complexity index is 1340. The van der Waals surface area contributed by atoms with Gasteiger partial charge in [-0.25, -0.2) is 0 Å². The number of carbonyl (C=O) groups is 1. The van der Waals surface area contributed by atoms with Gasteiger partial charge in [-0.3, -0.25) is 9.78 Å². The van der Waals surface area contributed by atoms with Gasteiger partial charge >= 0.3 is 0 Å². The topological polar surface area (TPSA) is 89.1 Å². The fourth-order valence-electron chi connectivity index (χ4n) is 3.63. The molecule has 4 aromatic rings. The molecule has 1 amide bonds. The van der Waals surface area contributed by atoms with Gasteiger partial charge in [-0.05, 0) is 55.8 Å². The Balaban J connectivity index is 1.81. The van der Waals surface area contributed by atoms with E-state index >= 15 is 0 Å². The minimum absolute atomic E-state index is 0.0481. The number of carbonyl (C=O) groups excluding carboxylic acids is 1. The van der Waals surface area contributed by atoms with Gasteiger partial charge in [0.1, 0.15) is 5.75 Å². The Kier molecular flexibility index (Phi) is 5.61. The molecule has 0 saturated heterocycles. The third-order valence-corrected chi connectivity index (χ3v) is 5.27. The number of amides is 1. The van der Waals surface area contributed by atoms with Crippen LogP contribution in [0.1, 0.15) is 29.4 Å². The summed E-state index contributed by atoms with van der Waals surface area (Å²) in [6, 6.07) is 12.3. The van der Waals surface area contributed by atoms with Crippen LogP contribution in [0.25, 0.3) is 21.8 Å². The van der Waals surface area contributed by atoms with Gasteiger partial charge in [-0.1, -0.05) is 18.5 Å². The minimum atomic E-state index is -0.540. The summed E-state index contributed by atoms with van der Waals surface area (Å²) in [4.78, 5) is 17.5. The highest BCUT2D eigenvalue weighted by Crippen LogP contribution is 2.40. The molecule has 1 N–H and O–H groups in total. The molecule has 2 heterocycles. The van der Waals surface area contributed by atoms with E-state index in [0.29, 0.717) is 44.9 Å². The van der Waals surface area contributed by atoms with Crippen molar-refractivity contribution < 1.29 is 14.6 Å². The maximum absolute atomic E-state index is 13.0. The van der Waals surface area contributed by atoms with Gasteiger partial charge in [-0.2, -0.15) is 0 Å². The van der Waals surface area contributed by atoms with Crippen LogP contribution in [0.2, 0.25) is 5.02 Å². The molecule has 0 atom stereocenters. The van der Waals surface area contributed by atoms with Crippen LogP contribution >= 0.6 is 11.6 Å². The Morgan fingerprint density at radius 2 is 2.00 bits per heavy atom. The molecule has 2 aromatic heterocycles. The van der Waals surface area contributed by atoms with Crippen LogP contribution in [-0.2, 0) is 6.54 Å². The van der Waals surface area contributed by atoms with E-state index in [1.54, 1.807) is 48.1 Å². The summed E-state index contributed by atoms with van der Waals surface area (Å²) >= 11 is 6.15. The van der Waals surface area contributed by atoms with Crippen LogP contribution in [0, 0.1) is 6.92 Å². The van der Waals surface area contributed by atoms with Crippen LogP contribution in [0.15, 0.2) is 52.7 Å². The van der Waals surface area contributed by atoms with Crippen LogP contribution in [0.5, 0.6) is 11.6 Å². The first-order valence-corrected chi connectivity index (χ1v) is 10.2. The summed E-state index contributed by atoms with van der Waals surface area (Å²) in [7, 11) is 1.56. The number of pyridine rings is 1.